The van der Waals surface area contributed by atoms with Gasteiger partial charge in [-0.1, -0.05) is 12.1 Å². The minimum atomic E-state index is 0.213. The van der Waals surface area contributed by atoms with Gasteiger partial charge < -0.3 is 10.4 Å². The van der Waals surface area contributed by atoms with E-state index in [1.807, 2.05) is 6.07 Å². The monoisotopic (exact) mass is 175 g/mol. The number of aromatic hydroxyl groups is 1. The second-order valence-electron chi connectivity index (χ2n) is 2.60. The molecule has 0 aliphatic rings. The third-order valence-corrected chi connectivity index (χ3v) is 1.67. The third kappa shape index (κ3) is 1.61. The second kappa shape index (κ2) is 3.18. The predicted octanol–water partition coefficient (Wildman–Crippen LogP) is 1.86. The second-order valence-corrected chi connectivity index (χ2v) is 2.60. The van der Waals surface area contributed by atoms with Gasteiger partial charge >= 0.3 is 0 Å². The SMILES string of the molecule is Oc1ccccc1Nc1cc[nH]n1. The first kappa shape index (κ1) is 7.67. The van der Waals surface area contributed by atoms with Crippen molar-refractivity contribution in [3.8, 4) is 5.75 Å². The molecule has 2 rings (SSSR count). The lowest BCUT2D eigenvalue weighted by Crippen LogP contribution is -1.90. The molecule has 4 heteroatoms. The lowest BCUT2D eigenvalue weighted by molar-refractivity contribution is 0.477. The number of phenolic OH excluding ortho intramolecular Hbond substituents is 1. The molecule has 0 saturated heterocycles. The van der Waals surface area contributed by atoms with Crippen molar-refractivity contribution in [1.29, 1.82) is 0 Å². The van der Waals surface area contributed by atoms with Gasteiger partial charge in [-0.05, 0) is 12.1 Å². The van der Waals surface area contributed by atoms with E-state index in [1.165, 1.54) is 0 Å². The van der Waals surface area contributed by atoms with Crippen molar-refractivity contribution in [2.45, 2.75) is 0 Å². The third-order valence-electron chi connectivity index (χ3n) is 1.67. The quantitative estimate of drug-likeness (QED) is 0.610. The van der Waals surface area contributed by atoms with E-state index >= 15 is 0 Å². The molecule has 0 saturated carbocycles. The molecule has 0 fully saturated rings. The summed E-state index contributed by atoms with van der Waals surface area (Å²) in [6, 6.07) is 8.80. The van der Waals surface area contributed by atoms with Gasteiger partial charge in [0, 0.05) is 12.3 Å². The molecule has 1 aromatic heterocycles. The van der Waals surface area contributed by atoms with Gasteiger partial charge in [0.15, 0.2) is 5.82 Å². The zero-order chi connectivity index (χ0) is 9.10. The topological polar surface area (TPSA) is 60.9 Å². The van der Waals surface area contributed by atoms with Crippen LogP contribution in [0.3, 0.4) is 0 Å². The maximum atomic E-state index is 9.41. The number of aromatic amines is 1. The molecule has 1 heterocycles. The minimum Gasteiger partial charge on any atom is -0.506 e. The Hall–Kier alpha value is -1.97. The fraction of sp³-hybridized carbons (Fsp3) is 0. The molecular weight excluding hydrogens is 166 g/mol. The molecule has 0 aliphatic carbocycles. The molecule has 0 atom stereocenters. The van der Waals surface area contributed by atoms with Crippen LogP contribution in [0.15, 0.2) is 36.5 Å². The highest BCUT2D eigenvalue weighted by Crippen LogP contribution is 2.24. The van der Waals surface area contributed by atoms with Crippen molar-refractivity contribution in [3.05, 3.63) is 36.5 Å². The van der Waals surface area contributed by atoms with Crippen LogP contribution in [-0.4, -0.2) is 15.3 Å². The number of anilines is 2. The van der Waals surface area contributed by atoms with E-state index in [1.54, 1.807) is 30.5 Å². The highest BCUT2D eigenvalue weighted by atomic mass is 16.3. The van der Waals surface area contributed by atoms with Gasteiger partial charge in [-0.15, -0.1) is 0 Å². The van der Waals surface area contributed by atoms with Gasteiger partial charge in [-0.3, -0.25) is 5.10 Å². The average Bonchev–Trinajstić information content (AvgIpc) is 2.61. The van der Waals surface area contributed by atoms with E-state index in [9.17, 15) is 5.11 Å². The Balaban J connectivity index is 2.24. The molecule has 0 amide bonds. The van der Waals surface area contributed by atoms with Crippen LogP contribution in [-0.2, 0) is 0 Å². The summed E-state index contributed by atoms with van der Waals surface area (Å²) >= 11 is 0. The Morgan fingerprint density at radius 1 is 1.23 bits per heavy atom. The predicted molar refractivity (Wildman–Crippen MR) is 50.0 cm³/mol. The normalized spacial score (nSPS) is 9.85. The first-order valence-corrected chi connectivity index (χ1v) is 3.91. The Morgan fingerprint density at radius 2 is 2.08 bits per heavy atom. The summed E-state index contributed by atoms with van der Waals surface area (Å²) in [6.45, 7) is 0. The van der Waals surface area contributed by atoms with Crippen LogP contribution in [0, 0.1) is 0 Å². The standard InChI is InChI=1S/C9H9N3O/c13-8-4-2-1-3-7(8)11-9-5-6-10-12-9/h1-6,13H,(H2,10,11,12). The molecule has 3 N–H and O–H groups in total. The smallest absolute Gasteiger partial charge is 0.152 e. The van der Waals surface area contributed by atoms with E-state index in [2.05, 4.69) is 15.5 Å². The molecule has 13 heavy (non-hydrogen) atoms. The summed E-state index contributed by atoms with van der Waals surface area (Å²) in [5.41, 5.74) is 0.648. The maximum absolute atomic E-state index is 9.41. The maximum Gasteiger partial charge on any atom is 0.152 e. The summed E-state index contributed by atoms with van der Waals surface area (Å²) in [4.78, 5) is 0. The van der Waals surface area contributed by atoms with Gasteiger partial charge in [0.2, 0.25) is 0 Å². The first-order valence-electron chi connectivity index (χ1n) is 3.91. The number of aromatic nitrogens is 2. The number of hydrogen-bond acceptors (Lipinski definition) is 3. The summed E-state index contributed by atoms with van der Waals surface area (Å²) in [6.07, 6.45) is 1.71. The molecule has 0 aliphatic heterocycles. The number of hydrogen-bond donors (Lipinski definition) is 3. The van der Waals surface area contributed by atoms with E-state index in [-0.39, 0.29) is 5.75 Å². The summed E-state index contributed by atoms with van der Waals surface area (Å²) in [5.74, 6) is 0.895. The van der Waals surface area contributed by atoms with E-state index in [4.69, 9.17) is 0 Å². The number of H-pyrrole nitrogens is 1. The van der Waals surface area contributed by atoms with Crippen molar-refractivity contribution < 1.29 is 5.11 Å². The zero-order valence-corrected chi connectivity index (χ0v) is 6.86. The van der Waals surface area contributed by atoms with Crippen LogP contribution in [0.25, 0.3) is 0 Å². The minimum absolute atomic E-state index is 0.213. The van der Waals surface area contributed by atoms with E-state index in [0.29, 0.717) is 11.5 Å². The molecule has 0 unspecified atom stereocenters. The fourth-order valence-electron chi connectivity index (χ4n) is 1.05. The van der Waals surface area contributed by atoms with Crippen LogP contribution in [0.5, 0.6) is 5.75 Å². The number of phenols is 1. The van der Waals surface area contributed by atoms with Crippen molar-refractivity contribution >= 4 is 11.5 Å². The molecule has 0 radical (unpaired) electrons. The van der Waals surface area contributed by atoms with E-state index in [0.717, 1.165) is 0 Å². The molecule has 0 bridgehead atoms. The largest absolute Gasteiger partial charge is 0.506 e. The Labute approximate surface area is 75.2 Å². The Kier molecular flexibility index (Phi) is 1.88. The number of nitrogens with one attached hydrogen (secondary N) is 2. The van der Waals surface area contributed by atoms with Crippen molar-refractivity contribution in [2.75, 3.05) is 5.32 Å². The van der Waals surface area contributed by atoms with Crippen LogP contribution in [0.4, 0.5) is 11.5 Å². The molecule has 1 aromatic carbocycles. The summed E-state index contributed by atoms with van der Waals surface area (Å²) in [5, 5.41) is 18.9. The molecule has 0 spiro atoms. The van der Waals surface area contributed by atoms with Gasteiger partial charge in [0.05, 0.1) is 5.69 Å². The zero-order valence-electron chi connectivity index (χ0n) is 6.86. The number of benzene rings is 1. The number of para-hydroxylation sites is 2. The van der Waals surface area contributed by atoms with Crippen molar-refractivity contribution in [2.24, 2.45) is 0 Å². The lowest BCUT2D eigenvalue weighted by Gasteiger charge is -2.03. The van der Waals surface area contributed by atoms with Gasteiger partial charge in [0.25, 0.3) is 0 Å². The molecular formula is C9H9N3O. The molecule has 66 valence electrons. The first-order chi connectivity index (χ1) is 6.36. The Bertz CT molecular complexity index is 384. The van der Waals surface area contributed by atoms with Gasteiger partial charge in [-0.25, -0.2) is 0 Å². The average molecular weight is 175 g/mol. The molecule has 4 nitrogen and oxygen atoms in total. The van der Waals surface area contributed by atoms with Gasteiger partial charge in [0.1, 0.15) is 5.75 Å². The highest BCUT2D eigenvalue weighted by molar-refractivity contribution is 5.62. The molecule has 2 aromatic rings. The van der Waals surface area contributed by atoms with Crippen LogP contribution >= 0.6 is 0 Å². The van der Waals surface area contributed by atoms with Crippen molar-refractivity contribution in [3.63, 3.8) is 0 Å². The van der Waals surface area contributed by atoms with Crippen molar-refractivity contribution in [1.82, 2.24) is 10.2 Å². The van der Waals surface area contributed by atoms with E-state index < -0.39 is 0 Å². The van der Waals surface area contributed by atoms with Gasteiger partial charge in [-0.2, -0.15) is 5.10 Å². The number of rotatable bonds is 2. The Morgan fingerprint density at radius 3 is 2.77 bits per heavy atom. The van der Waals surface area contributed by atoms with Crippen LogP contribution < -0.4 is 5.32 Å². The fourth-order valence-corrected chi connectivity index (χ4v) is 1.05. The summed E-state index contributed by atoms with van der Waals surface area (Å²) in [7, 11) is 0. The van der Waals surface area contributed by atoms with Crippen LogP contribution in [0.1, 0.15) is 0 Å². The lowest BCUT2D eigenvalue weighted by atomic mass is 10.3. The number of nitrogens with zero attached hydrogens (tertiary/aromatic N) is 1. The van der Waals surface area contributed by atoms with Crippen LogP contribution in [0.2, 0.25) is 0 Å². The highest BCUT2D eigenvalue weighted by Gasteiger charge is 1.99. The summed E-state index contributed by atoms with van der Waals surface area (Å²) < 4.78 is 0.